The first-order valence-corrected chi connectivity index (χ1v) is 6.45. The number of nitrogens with two attached hydrogens (primary N) is 1. The van der Waals surface area contributed by atoms with E-state index in [4.69, 9.17) is 5.73 Å². The molecule has 1 saturated heterocycles. The lowest BCUT2D eigenvalue weighted by Crippen LogP contribution is -2.54. The van der Waals surface area contributed by atoms with Crippen LogP contribution >= 0.6 is 0 Å². The number of unbranched alkanes of at least 4 members (excludes halogenated alkanes) is 1. The summed E-state index contributed by atoms with van der Waals surface area (Å²) in [6, 6.07) is -0.360. The lowest BCUT2D eigenvalue weighted by atomic mass is 10.00. The van der Waals surface area contributed by atoms with E-state index in [2.05, 4.69) is 5.32 Å². The van der Waals surface area contributed by atoms with Gasteiger partial charge < -0.3 is 21.1 Å². The summed E-state index contributed by atoms with van der Waals surface area (Å²) in [5.41, 5.74) is 3.89. The van der Waals surface area contributed by atoms with Crippen molar-refractivity contribution in [3.8, 4) is 0 Å². The fourth-order valence-corrected chi connectivity index (χ4v) is 2.23. The number of hydrogen-bond donors (Lipinski definition) is 3. The van der Waals surface area contributed by atoms with Crippen LogP contribution in [-0.2, 0) is 9.59 Å². The Labute approximate surface area is 112 Å². The second-order valence-electron chi connectivity index (χ2n) is 4.99. The van der Waals surface area contributed by atoms with Crippen molar-refractivity contribution in [2.24, 2.45) is 5.73 Å². The number of carboxylic acid groups (broad SMARTS) is 1. The predicted octanol–water partition coefficient (Wildman–Crippen LogP) is 0.291. The molecule has 1 aliphatic heterocycles. The van der Waals surface area contributed by atoms with Crippen molar-refractivity contribution >= 4 is 17.9 Å². The molecule has 0 aromatic heterocycles. The minimum absolute atomic E-state index is 0.298. The molecule has 7 nitrogen and oxygen atoms in total. The van der Waals surface area contributed by atoms with Gasteiger partial charge in [0, 0.05) is 19.5 Å². The molecule has 1 aliphatic rings. The van der Waals surface area contributed by atoms with Crippen molar-refractivity contribution in [2.45, 2.75) is 44.6 Å². The molecule has 0 saturated carbocycles. The number of nitrogens with zero attached hydrogens (tertiary/aromatic N) is 1. The second-order valence-corrected chi connectivity index (χ2v) is 4.99. The predicted molar refractivity (Wildman–Crippen MR) is 68.4 cm³/mol. The number of carboxylic acids is 1. The summed E-state index contributed by atoms with van der Waals surface area (Å²) in [6.07, 6.45) is 2.72. The van der Waals surface area contributed by atoms with E-state index in [0.717, 1.165) is 0 Å². The van der Waals surface area contributed by atoms with Gasteiger partial charge in [-0.1, -0.05) is 0 Å². The van der Waals surface area contributed by atoms with Crippen molar-refractivity contribution in [1.82, 2.24) is 10.2 Å². The number of urea groups is 1. The van der Waals surface area contributed by atoms with Gasteiger partial charge in [0.2, 0.25) is 5.91 Å². The molecule has 3 amide bonds. The molecule has 1 heterocycles. The van der Waals surface area contributed by atoms with Gasteiger partial charge in [0.1, 0.15) is 5.54 Å². The third-order valence-corrected chi connectivity index (χ3v) is 3.47. The van der Waals surface area contributed by atoms with Gasteiger partial charge in [0.05, 0.1) is 0 Å². The molecular weight excluding hydrogens is 250 g/mol. The number of hydrogen-bond acceptors (Lipinski definition) is 3. The van der Waals surface area contributed by atoms with Crippen molar-refractivity contribution in [3.63, 3.8) is 0 Å². The van der Waals surface area contributed by atoms with Gasteiger partial charge in [-0.3, -0.25) is 4.79 Å². The zero-order valence-electron chi connectivity index (χ0n) is 11.1. The van der Waals surface area contributed by atoms with Crippen molar-refractivity contribution in [1.29, 1.82) is 0 Å². The second kappa shape index (κ2) is 6.40. The Morgan fingerprint density at radius 3 is 2.63 bits per heavy atom. The third kappa shape index (κ3) is 3.84. The minimum Gasteiger partial charge on any atom is -0.480 e. The highest BCUT2D eigenvalue weighted by atomic mass is 16.4. The smallest absolute Gasteiger partial charge is 0.329 e. The highest BCUT2D eigenvalue weighted by Gasteiger charge is 2.45. The maximum atomic E-state index is 11.9. The normalized spacial score (nSPS) is 22.3. The van der Waals surface area contributed by atoms with E-state index in [1.54, 1.807) is 6.92 Å². The molecular formula is C12H21N3O4. The largest absolute Gasteiger partial charge is 0.480 e. The summed E-state index contributed by atoms with van der Waals surface area (Å²) in [4.78, 5) is 35.0. The van der Waals surface area contributed by atoms with Crippen LogP contribution in [0.25, 0.3) is 0 Å². The van der Waals surface area contributed by atoms with Crippen LogP contribution in [0.2, 0.25) is 0 Å². The Morgan fingerprint density at radius 1 is 1.37 bits per heavy atom. The molecule has 0 aromatic carbocycles. The average molecular weight is 271 g/mol. The van der Waals surface area contributed by atoms with Crippen LogP contribution in [0, 0.1) is 0 Å². The molecule has 1 unspecified atom stereocenters. The van der Waals surface area contributed by atoms with Crippen molar-refractivity contribution in [2.75, 3.05) is 13.1 Å². The highest BCUT2D eigenvalue weighted by Crippen LogP contribution is 2.29. The van der Waals surface area contributed by atoms with Crippen molar-refractivity contribution in [3.05, 3.63) is 0 Å². The first-order valence-electron chi connectivity index (χ1n) is 6.45. The lowest BCUT2D eigenvalue weighted by Gasteiger charge is -2.31. The van der Waals surface area contributed by atoms with Gasteiger partial charge in [-0.05, 0) is 32.6 Å². The fraction of sp³-hybridized carbons (Fsp3) is 0.750. The molecule has 1 rings (SSSR count). The number of rotatable bonds is 6. The van der Waals surface area contributed by atoms with E-state index < -0.39 is 11.5 Å². The lowest BCUT2D eigenvalue weighted by molar-refractivity contribution is -0.147. The molecule has 108 valence electrons. The minimum atomic E-state index is -1.11. The van der Waals surface area contributed by atoms with E-state index in [9.17, 15) is 19.5 Å². The maximum absolute atomic E-state index is 11.9. The molecule has 0 aromatic rings. The number of carbonyl (C=O) groups is 3. The topological polar surface area (TPSA) is 113 Å². The van der Waals surface area contributed by atoms with Crippen LogP contribution in [-0.4, -0.2) is 46.5 Å². The number of amides is 3. The number of aliphatic carboxylic acids is 1. The van der Waals surface area contributed by atoms with Crippen LogP contribution in [0.3, 0.4) is 0 Å². The van der Waals surface area contributed by atoms with E-state index >= 15 is 0 Å². The molecule has 0 spiro atoms. The van der Waals surface area contributed by atoms with Gasteiger partial charge >= 0.3 is 12.0 Å². The van der Waals surface area contributed by atoms with Crippen LogP contribution in [0.5, 0.6) is 0 Å². The molecule has 0 aliphatic carbocycles. The summed E-state index contributed by atoms with van der Waals surface area (Å²) in [5.74, 6) is -1.33. The van der Waals surface area contributed by atoms with E-state index in [1.807, 2.05) is 0 Å². The van der Waals surface area contributed by atoms with E-state index in [0.29, 0.717) is 45.2 Å². The number of nitrogens with one attached hydrogen (secondary N) is 1. The Morgan fingerprint density at radius 2 is 2.05 bits per heavy atom. The summed E-state index contributed by atoms with van der Waals surface area (Å²) in [5, 5.41) is 11.9. The zero-order valence-corrected chi connectivity index (χ0v) is 11.1. The molecule has 1 fully saturated rings. The number of likely N-dealkylation sites (tertiary alicyclic amines) is 1. The van der Waals surface area contributed by atoms with Gasteiger partial charge in [0.25, 0.3) is 0 Å². The molecule has 1 atom stereocenters. The molecule has 0 radical (unpaired) electrons. The van der Waals surface area contributed by atoms with E-state index in [-0.39, 0.29) is 11.9 Å². The van der Waals surface area contributed by atoms with Gasteiger partial charge in [-0.25, -0.2) is 9.59 Å². The van der Waals surface area contributed by atoms with Crippen LogP contribution < -0.4 is 11.1 Å². The Hall–Kier alpha value is -1.79. The number of primary amides is 1. The molecule has 19 heavy (non-hydrogen) atoms. The van der Waals surface area contributed by atoms with Gasteiger partial charge in [-0.15, -0.1) is 0 Å². The highest BCUT2D eigenvalue weighted by molar-refractivity contribution is 5.86. The monoisotopic (exact) mass is 271 g/mol. The number of carbonyl (C=O) groups excluding carboxylic acids is 2. The quantitative estimate of drug-likeness (QED) is 0.602. The zero-order chi connectivity index (χ0) is 14.5. The fourth-order valence-electron chi connectivity index (χ4n) is 2.23. The third-order valence-electron chi connectivity index (χ3n) is 3.47. The Bertz CT molecular complexity index is 372. The maximum Gasteiger partial charge on any atom is 0.329 e. The first kappa shape index (κ1) is 15.3. The van der Waals surface area contributed by atoms with E-state index in [1.165, 1.54) is 4.90 Å². The van der Waals surface area contributed by atoms with Crippen LogP contribution in [0.4, 0.5) is 4.79 Å². The van der Waals surface area contributed by atoms with Crippen LogP contribution in [0.15, 0.2) is 0 Å². The van der Waals surface area contributed by atoms with Gasteiger partial charge in [0.15, 0.2) is 0 Å². The SMILES string of the molecule is CC1(C(=O)O)CCCN1C(=O)NCCCCC(N)=O. The average Bonchev–Trinajstić information content (AvgIpc) is 2.71. The summed E-state index contributed by atoms with van der Waals surface area (Å²) >= 11 is 0. The van der Waals surface area contributed by atoms with Gasteiger partial charge in [-0.2, -0.15) is 0 Å². The first-order chi connectivity index (χ1) is 8.88. The summed E-state index contributed by atoms with van der Waals surface area (Å²) in [7, 11) is 0. The molecule has 7 heteroatoms. The summed E-state index contributed by atoms with van der Waals surface area (Å²) < 4.78 is 0. The Kier molecular flexibility index (Phi) is 5.14. The summed E-state index contributed by atoms with van der Waals surface area (Å²) in [6.45, 7) is 2.43. The Balaban J connectivity index is 2.37. The molecule has 4 N–H and O–H groups in total. The standard InChI is InChI=1S/C12H21N3O4/c1-12(10(17)18)6-4-8-15(12)11(19)14-7-3-2-5-9(13)16/h2-8H2,1H3,(H2,13,16)(H,14,19)(H,17,18). The molecule has 0 bridgehead atoms. The van der Waals surface area contributed by atoms with Crippen LogP contribution in [0.1, 0.15) is 39.0 Å². The van der Waals surface area contributed by atoms with Crippen molar-refractivity contribution < 1.29 is 19.5 Å².